The van der Waals surface area contributed by atoms with E-state index in [2.05, 4.69) is 10.0 Å². The van der Waals surface area contributed by atoms with Crippen LogP contribution in [0.5, 0.6) is 0 Å². The topological polar surface area (TPSA) is 88.4 Å². The van der Waals surface area contributed by atoms with Crippen LogP contribution in [0.15, 0.2) is 47.1 Å². The van der Waals surface area contributed by atoms with Gasteiger partial charge in [0.25, 0.3) is 5.91 Å². The van der Waals surface area contributed by atoms with Gasteiger partial charge in [-0.3, -0.25) is 9.52 Å². The van der Waals surface area contributed by atoms with Crippen LogP contribution < -0.4 is 10.0 Å². The number of halogens is 1. The number of amides is 1. The predicted molar refractivity (Wildman–Crippen MR) is 81.2 cm³/mol. The first-order chi connectivity index (χ1) is 10.00. The highest BCUT2D eigenvalue weighted by Gasteiger charge is 2.11. The van der Waals surface area contributed by atoms with Gasteiger partial charge < -0.3 is 9.73 Å². The van der Waals surface area contributed by atoms with Crippen molar-refractivity contribution < 1.29 is 17.6 Å². The molecule has 112 valence electrons. The highest BCUT2D eigenvalue weighted by atomic mass is 35.5. The molecular formula is C13H13ClN2O4S. The lowest BCUT2D eigenvalue weighted by molar-refractivity contribution is 0.0996. The molecule has 0 saturated carbocycles. The van der Waals surface area contributed by atoms with Gasteiger partial charge in [0.15, 0.2) is 5.76 Å². The third-order valence-corrected chi connectivity index (χ3v) is 4.19. The molecule has 0 fully saturated rings. The second-order valence-corrected chi connectivity index (χ2v) is 6.34. The predicted octanol–water partition coefficient (Wildman–Crippen LogP) is 2.51. The van der Waals surface area contributed by atoms with Crippen molar-refractivity contribution in [3.63, 3.8) is 0 Å². The Morgan fingerprint density at radius 2 is 1.95 bits per heavy atom. The number of nitrogens with one attached hydrogen (secondary N) is 2. The first-order valence-electron chi connectivity index (χ1n) is 6.01. The Kier molecular flexibility index (Phi) is 4.87. The maximum atomic E-state index is 11.8. The molecule has 2 aromatic rings. The molecule has 1 heterocycles. The number of anilines is 2. The minimum Gasteiger partial charge on any atom is -0.459 e. The molecule has 0 saturated heterocycles. The van der Waals surface area contributed by atoms with Crippen molar-refractivity contribution in [1.82, 2.24) is 0 Å². The Balaban J connectivity index is 2.09. The van der Waals surface area contributed by atoms with Gasteiger partial charge in [-0.2, -0.15) is 0 Å². The maximum Gasteiger partial charge on any atom is 0.291 e. The van der Waals surface area contributed by atoms with E-state index in [0.29, 0.717) is 11.4 Å². The van der Waals surface area contributed by atoms with Gasteiger partial charge in [0, 0.05) is 11.6 Å². The van der Waals surface area contributed by atoms with E-state index in [4.69, 9.17) is 16.0 Å². The van der Waals surface area contributed by atoms with E-state index >= 15 is 0 Å². The quantitative estimate of drug-likeness (QED) is 0.797. The lowest BCUT2D eigenvalue weighted by atomic mass is 10.3. The van der Waals surface area contributed by atoms with Gasteiger partial charge in [0.1, 0.15) is 0 Å². The minimum atomic E-state index is -3.49. The van der Waals surface area contributed by atoms with Gasteiger partial charge in [0.2, 0.25) is 10.0 Å². The van der Waals surface area contributed by atoms with Gasteiger partial charge in [-0.25, -0.2) is 8.42 Å². The van der Waals surface area contributed by atoms with Crippen molar-refractivity contribution in [2.45, 2.75) is 0 Å². The molecule has 0 aliphatic heterocycles. The molecule has 0 bridgehead atoms. The number of carbonyl (C=O) groups is 1. The molecule has 0 atom stereocenters. The number of benzene rings is 1. The van der Waals surface area contributed by atoms with Gasteiger partial charge >= 0.3 is 0 Å². The van der Waals surface area contributed by atoms with E-state index in [9.17, 15) is 13.2 Å². The molecule has 1 amide bonds. The smallest absolute Gasteiger partial charge is 0.291 e. The summed E-state index contributed by atoms with van der Waals surface area (Å²) in [6.07, 6.45) is 1.39. The average Bonchev–Trinajstić information content (AvgIpc) is 2.92. The van der Waals surface area contributed by atoms with Crippen LogP contribution in [0.25, 0.3) is 0 Å². The van der Waals surface area contributed by atoms with Crippen LogP contribution in [0.1, 0.15) is 10.6 Å². The van der Waals surface area contributed by atoms with E-state index in [0.717, 1.165) is 0 Å². The summed E-state index contributed by atoms with van der Waals surface area (Å²) in [5, 5.41) is 2.61. The van der Waals surface area contributed by atoms with Gasteiger partial charge in [-0.05, 0) is 30.3 Å². The number of furan rings is 1. The number of hydrogen-bond acceptors (Lipinski definition) is 4. The summed E-state index contributed by atoms with van der Waals surface area (Å²) in [6.45, 7) is 0. The number of rotatable bonds is 6. The van der Waals surface area contributed by atoms with Crippen LogP contribution in [-0.4, -0.2) is 26.0 Å². The largest absolute Gasteiger partial charge is 0.459 e. The Hall–Kier alpha value is -1.99. The highest BCUT2D eigenvalue weighted by molar-refractivity contribution is 7.92. The zero-order valence-electron chi connectivity index (χ0n) is 10.9. The zero-order valence-corrected chi connectivity index (χ0v) is 12.4. The monoisotopic (exact) mass is 328 g/mol. The SMILES string of the molecule is O=C(Nc1cccc(NS(=O)(=O)CCCl)c1)c1ccco1. The average molecular weight is 329 g/mol. The molecule has 2 N–H and O–H groups in total. The van der Waals surface area contributed by atoms with Crippen molar-refractivity contribution >= 4 is 38.9 Å². The normalized spacial score (nSPS) is 11.1. The Bertz CT molecular complexity index is 714. The number of carbonyl (C=O) groups excluding carboxylic acids is 1. The Labute approximate surface area is 127 Å². The summed E-state index contributed by atoms with van der Waals surface area (Å²) in [5.41, 5.74) is 0.792. The molecule has 0 radical (unpaired) electrons. The fraction of sp³-hybridized carbons (Fsp3) is 0.154. The number of hydrogen-bond donors (Lipinski definition) is 2. The van der Waals surface area contributed by atoms with Crippen molar-refractivity contribution in [3.05, 3.63) is 48.4 Å². The summed E-state index contributed by atoms with van der Waals surface area (Å²) in [4.78, 5) is 11.8. The fourth-order valence-corrected chi connectivity index (χ4v) is 2.99. The van der Waals surface area contributed by atoms with Crippen LogP contribution in [0, 0.1) is 0 Å². The van der Waals surface area contributed by atoms with Gasteiger partial charge in [-0.1, -0.05) is 6.07 Å². The van der Waals surface area contributed by atoms with Crippen molar-refractivity contribution in [2.75, 3.05) is 21.7 Å². The van der Waals surface area contributed by atoms with Crippen LogP contribution in [-0.2, 0) is 10.0 Å². The fourth-order valence-electron chi connectivity index (χ4n) is 1.59. The van der Waals surface area contributed by atoms with Crippen molar-refractivity contribution in [3.8, 4) is 0 Å². The number of sulfonamides is 1. The van der Waals surface area contributed by atoms with Crippen LogP contribution >= 0.6 is 11.6 Å². The van der Waals surface area contributed by atoms with E-state index in [1.54, 1.807) is 24.3 Å². The molecule has 0 aliphatic rings. The third kappa shape index (κ3) is 4.51. The van der Waals surface area contributed by atoms with E-state index in [-0.39, 0.29) is 17.4 Å². The number of alkyl halides is 1. The lowest BCUT2D eigenvalue weighted by Gasteiger charge is -2.09. The van der Waals surface area contributed by atoms with Gasteiger partial charge in [0.05, 0.1) is 17.7 Å². The summed E-state index contributed by atoms with van der Waals surface area (Å²) in [7, 11) is -3.49. The van der Waals surface area contributed by atoms with Crippen LogP contribution in [0.3, 0.4) is 0 Å². The second-order valence-electron chi connectivity index (χ2n) is 4.12. The maximum absolute atomic E-state index is 11.8. The minimum absolute atomic E-state index is 0.00422. The zero-order chi connectivity index (χ0) is 15.3. The molecule has 6 nitrogen and oxygen atoms in total. The van der Waals surface area contributed by atoms with E-state index in [1.165, 1.54) is 18.4 Å². The van der Waals surface area contributed by atoms with Crippen molar-refractivity contribution in [2.24, 2.45) is 0 Å². The highest BCUT2D eigenvalue weighted by Crippen LogP contribution is 2.17. The third-order valence-electron chi connectivity index (χ3n) is 2.48. The van der Waals surface area contributed by atoms with Crippen LogP contribution in [0.4, 0.5) is 11.4 Å². The summed E-state index contributed by atoms with van der Waals surface area (Å²) < 4.78 is 30.6. The standard InChI is InChI=1S/C13H13ClN2O4S/c14-6-8-21(18,19)16-11-4-1-3-10(9-11)15-13(17)12-5-2-7-20-12/h1-5,7,9,16H,6,8H2,(H,15,17). The molecule has 1 aromatic carbocycles. The van der Waals surface area contributed by atoms with Crippen molar-refractivity contribution in [1.29, 1.82) is 0 Å². The van der Waals surface area contributed by atoms with Gasteiger partial charge in [-0.15, -0.1) is 11.6 Å². The second kappa shape index (κ2) is 6.64. The molecular weight excluding hydrogens is 316 g/mol. The first kappa shape index (κ1) is 15.4. The molecule has 2 rings (SSSR count). The molecule has 21 heavy (non-hydrogen) atoms. The summed E-state index contributed by atoms with van der Waals surface area (Å²) in [5.74, 6) is -0.425. The Morgan fingerprint density at radius 1 is 1.19 bits per heavy atom. The Morgan fingerprint density at radius 3 is 2.62 bits per heavy atom. The molecule has 0 spiro atoms. The molecule has 0 aliphatic carbocycles. The molecule has 0 unspecified atom stereocenters. The van der Waals surface area contributed by atoms with E-state index in [1.807, 2.05) is 0 Å². The summed E-state index contributed by atoms with van der Waals surface area (Å²) >= 11 is 5.42. The molecule has 8 heteroatoms. The van der Waals surface area contributed by atoms with E-state index < -0.39 is 15.9 Å². The lowest BCUT2D eigenvalue weighted by Crippen LogP contribution is -2.17. The summed E-state index contributed by atoms with van der Waals surface area (Å²) in [6, 6.07) is 9.48. The first-order valence-corrected chi connectivity index (χ1v) is 8.20. The van der Waals surface area contributed by atoms with Crippen LogP contribution in [0.2, 0.25) is 0 Å². The molecule has 1 aromatic heterocycles.